The zero-order chi connectivity index (χ0) is 8.43. The van der Waals surface area contributed by atoms with Crippen LogP contribution in [0.2, 0.25) is 0 Å². The molecule has 11 heavy (non-hydrogen) atoms. The number of β-amino-alcohol motifs (C(OH)–C–C–N with tert-alkyl or cyclic N) is 1. The molecule has 0 aromatic carbocycles. The van der Waals surface area contributed by atoms with Gasteiger partial charge in [-0.3, -0.25) is 9.69 Å². The molecule has 1 atom stereocenters. The number of nitrogens with two attached hydrogens (primary N) is 2. The first-order valence-electron chi connectivity index (χ1n) is 3.55. The average Bonchev–Trinajstić information content (AvgIpc) is 1.84. The minimum absolute atomic E-state index is 0.255. The van der Waals surface area contributed by atoms with Gasteiger partial charge in [0.1, 0.15) is 0 Å². The number of aliphatic hydroxyl groups is 1. The first-order valence-corrected chi connectivity index (χ1v) is 3.55. The Hall–Kier alpha value is -0.650. The van der Waals surface area contributed by atoms with Crippen molar-refractivity contribution < 1.29 is 9.90 Å². The van der Waals surface area contributed by atoms with Gasteiger partial charge >= 0.3 is 0 Å². The van der Waals surface area contributed by atoms with Gasteiger partial charge in [-0.15, -0.1) is 0 Å². The molecule has 1 unspecified atom stereocenters. The standard InChI is InChI=1S/C6H13N3O2/c7-5(6(8)11)3-9-1-4(10)2-9/h4-5,10H,1-3,7H2,(H2,8,11). The van der Waals surface area contributed by atoms with Crippen molar-refractivity contribution in [3.8, 4) is 0 Å². The van der Waals surface area contributed by atoms with Crippen molar-refractivity contribution in [1.82, 2.24) is 4.90 Å². The first-order chi connectivity index (χ1) is 5.09. The van der Waals surface area contributed by atoms with E-state index in [1.807, 2.05) is 4.90 Å². The molecule has 0 saturated carbocycles. The van der Waals surface area contributed by atoms with E-state index in [2.05, 4.69) is 0 Å². The maximum Gasteiger partial charge on any atom is 0.235 e. The summed E-state index contributed by atoms with van der Waals surface area (Å²) in [6, 6.07) is -0.609. The lowest BCUT2D eigenvalue weighted by Crippen LogP contribution is -2.56. The summed E-state index contributed by atoms with van der Waals surface area (Å²) < 4.78 is 0. The topological polar surface area (TPSA) is 92.6 Å². The number of hydrogen-bond donors (Lipinski definition) is 3. The van der Waals surface area contributed by atoms with E-state index >= 15 is 0 Å². The number of amides is 1. The van der Waals surface area contributed by atoms with Gasteiger partial charge in [0, 0.05) is 19.6 Å². The summed E-state index contributed by atoms with van der Waals surface area (Å²) in [4.78, 5) is 12.4. The van der Waals surface area contributed by atoms with Crippen molar-refractivity contribution in [3.05, 3.63) is 0 Å². The molecule has 64 valence electrons. The number of hydrogen-bond acceptors (Lipinski definition) is 4. The number of likely N-dealkylation sites (tertiary alicyclic amines) is 1. The van der Waals surface area contributed by atoms with Gasteiger partial charge in [0.25, 0.3) is 0 Å². The van der Waals surface area contributed by atoms with Gasteiger partial charge in [-0.05, 0) is 0 Å². The Bertz CT molecular complexity index is 156. The molecule has 0 bridgehead atoms. The number of rotatable bonds is 3. The summed E-state index contributed by atoms with van der Waals surface area (Å²) in [6.45, 7) is 1.65. The molecule has 0 aliphatic carbocycles. The van der Waals surface area contributed by atoms with E-state index in [1.165, 1.54) is 0 Å². The molecule has 1 heterocycles. The number of aliphatic hydroxyl groups excluding tert-OH is 1. The van der Waals surface area contributed by atoms with E-state index in [0.717, 1.165) is 0 Å². The molecular weight excluding hydrogens is 146 g/mol. The molecule has 0 aromatic rings. The van der Waals surface area contributed by atoms with Gasteiger partial charge in [-0.2, -0.15) is 0 Å². The summed E-state index contributed by atoms with van der Waals surface area (Å²) in [6.07, 6.45) is -0.255. The minimum atomic E-state index is -0.609. The Kier molecular flexibility index (Phi) is 2.43. The Morgan fingerprint density at radius 2 is 2.27 bits per heavy atom. The largest absolute Gasteiger partial charge is 0.390 e. The first kappa shape index (κ1) is 8.45. The molecule has 1 aliphatic heterocycles. The predicted octanol–water partition coefficient (Wildman–Crippen LogP) is -2.52. The molecule has 0 spiro atoms. The fourth-order valence-corrected chi connectivity index (χ4v) is 1.06. The number of nitrogens with zero attached hydrogens (tertiary/aromatic N) is 1. The summed E-state index contributed by atoms with van der Waals surface area (Å²) in [5.74, 6) is -0.494. The van der Waals surface area contributed by atoms with Gasteiger partial charge in [-0.25, -0.2) is 0 Å². The van der Waals surface area contributed by atoms with Crippen LogP contribution in [0.5, 0.6) is 0 Å². The molecule has 1 fully saturated rings. The lowest BCUT2D eigenvalue weighted by molar-refractivity contribution is -0.120. The number of primary amides is 1. The molecule has 1 aliphatic rings. The molecule has 5 N–H and O–H groups in total. The third-order valence-corrected chi connectivity index (χ3v) is 1.76. The van der Waals surface area contributed by atoms with Crippen LogP contribution < -0.4 is 11.5 Å². The van der Waals surface area contributed by atoms with Gasteiger partial charge in [-0.1, -0.05) is 0 Å². The molecular formula is C6H13N3O2. The molecule has 1 saturated heterocycles. The van der Waals surface area contributed by atoms with Crippen LogP contribution >= 0.6 is 0 Å². The smallest absolute Gasteiger partial charge is 0.235 e. The Morgan fingerprint density at radius 3 is 2.64 bits per heavy atom. The van der Waals surface area contributed by atoms with E-state index in [0.29, 0.717) is 19.6 Å². The molecule has 5 nitrogen and oxygen atoms in total. The summed E-state index contributed by atoms with van der Waals surface area (Å²) in [7, 11) is 0. The fraction of sp³-hybridized carbons (Fsp3) is 0.833. The van der Waals surface area contributed by atoms with Crippen LogP contribution in [-0.2, 0) is 4.79 Å². The summed E-state index contributed by atoms with van der Waals surface area (Å²) in [5, 5.41) is 8.87. The van der Waals surface area contributed by atoms with E-state index in [1.54, 1.807) is 0 Å². The third kappa shape index (κ3) is 2.14. The maximum absolute atomic E-state index is 10.5. The van der Waals surface area contributed by atoms with Gasteiger partial charge in [0.2, 0.25) is 5.91 Å². The highest BCUT2D eigenvalue weighted by Gasteiger charge is 2.26. The second kappa shape index (κ2) is 3.17. The Balaban J connectivity index is 2.16. The normalized spacial score (nSPS) is 22.7. The van der Waals surface area contributed by atoms with Crippen LogP contribution in [0.3, 0.4) is 0 Å². The van der Waals surface area contributed by atoms with Gasteiger partial charge < -0.3 is 16.6 Å². The SMILES string of the molecule is NC(=O)C(N)CN1CC(O)C1. The zero-order valence-electron chi connectivity index (χ0n) is 6.23. The number of carbonyl (C=O) groups excluding carboxylic acids is 1. The molecule has 1 rings (SSSR count). The monoisotopic (exact) mass is 159 g/mol. The van der Waals surface area contributed by atoms with Crippen molar-refractivity contribution in [2.45, 2.75) is 12.1 Å². The highest BCUT2D eigenvalue weighted by atomic mass is 16.3. The van der Waals surface area contributed by atoms with Crippen LogP contribution in [0, 0.1) is 0 Å². The average molecular weight is 159 g/mol. The van der Waals surface area contributed by atoms with Crippen LogP contribution in [0.4, 0.5) is 0 Å². The second-order valence-corrected chi connectivity index (χ2v) is 2.88. The second-order valence-electron chi connectivity index (χ2n) is 2.88. The van der Waals surface area contributed by atoms with Gasteiger partial charge in [0.05, 0.1) is 12.1 Å². The highest BCUT2D eigenvalue weighted by Crippen LogP contribution is 2.06. The quantitative estimate of drug-likeness (QED) is 0.423. The lowest BCUT2D eigenvalue weighted by Gasteiger charge is -2.36. The molecule has 5 heteroatoms. The van der Waals surface area contributed by atoms with Crippen LogP contribution in [0.25, 0.3) is 0 Å². The molecule has 0 aromatic heterocycles. The Morgan fingerprint density at radius 1 is 1.73 bits per heavy atom. The van der Waals surface area contributed by atoms with Crippen molar-refractivity contribution in [2.75, 3.05) is 19.6 Å². The van der Waals surface area contributed by atoms with E-state index in [9.17, 15) is 4.79 Å². The number of carbonyl (C=O) groups is 1. The van der Waals surface area contributed by atoms with Gasteiger partial charge in [0.15, 0.2) is 0 Å². The lowest BCUT2D eigenvalue weighted by atomic mass is 10.1. The van der Waals surface area contributed by atoms with E-state index < -0.39 is 11.9 Å². The van der Waals surface area contributed by atoms with Crippen LogP contribution in [-0.4, -0.2) is 47.7 Å². The fourth-order valence-electron chi connectivity index (χ4n) is 1.06. The third-order valence-electron chi connectivity index (χ3n) is 1.76. The van der Waals surface area contributed by atoms with Crippen molar-refractivity contribution >= 4 is 5.91 Å². The van der Waals surface area contributed by atoms with Crippen molar-refractivity contribution in [1.29, 1.82) is 0 Å². The van der Waals surface area contributed by atoms with Crippen molar-refractivity contribution in [3.63, 3.8) is 0 Å². The molecule has 0 radical (unpaired) electrons. The van der Waals surface area contributed by atoms with E-state index in [4.69, 9.17) is 16.6 Å². The van der Waals surface area contributed by atoms with E-state index in [-0.39, 0.29) is 6.10 Å². The summed E-state index contributed by atoms with van der Waals surface area (Å²) >= 11 is 0. The predicted molar refractivity (Wildman–Crippen MR) is 39.6 cm³/mol. The summed E-state index contributed by atoms with van der Waals surface area (Å²) in [5.41, 5.74) is 10.3. The molecule has 1 amide bonds. The zero-order valence-corrected chi connectivity index (χ0v) is 6.23. The van der Waals surface area contributed by atoms with Crippen LogP contribution in [0.15, 0.2) is 0 Å². The minimum Gasteiger partial charge on any atom is -0.390 e. The van der Waals surface area contributed by atoms with Crippen LogP contribution in [0.1, 0.15) is 0 Å². The Labute approximate surface area is 65.0 Å². The van der Waals surface area contributed by atoms with Crippen molar-refractivity contribution in [2.24, 2.45) is 11.5 Å². The highest BCUT2D eigenvalue weighted by molar-refractivity contribution is 5.79. The maximum atomic E-state index is 10.5.